The molecule has 15 heavy (non-hydrogen) atoms. The molecule has 0 aliphatic carbocycles. The molecule has 0 aromatic carbocycles. The third-order valence-electron chi connectivity index (χ3n) is 2.59. The highest BCUT2D eigenvalue weighted by Crippen LogP contribution is 2.29. The van der Waals surface area contributed by atoms with Gasteiger partial charge in [-0.25, -0.2) is 4.98 Å². The third-order valence-corrected chi connectivity index (χ3v) is 2.59. The van der Waals surface area contributed by atoms with Crippen molar-refractivity contribution < 1.29 is 4.74 Å². The lowest BCUT2D eigenvalue weighted by Gasteiger charge is -2.33. The highest BCUT2D eigenvalue weighted by molar-refractivity contribution is 5.02. The maximum atomic E-state index is 6.17. The van der Waals surface area contributed by atoms with Crippen LogP contribution in [0.25, 0.3) is 0 Å². The topological polar surface area (TPSA) is 53.1 Å². The molecule has 0 aliphatic rings. The molecule has 0 amide bonds. The van der Waals surface area contributed by atoms with Crippen LogP contribution in [0.1, 0.15) is 32.6 Å². The minimum atomic E-state index is -0.199. The lowest BCUT2D eigenvalue weighted by molar-refractivity contribution is -0.00487. The number of aryl methyl sites for hydroxylation is 1. The number of hydrogen-bond acceptors (Lipinski definition) is 3. The summed E-state index contributed by atoms with van der Waals surface area (Å²) in [5.74, 6) is 0.858. The summed E-state index contributed by atoms with van der Waals surface area (Å²) in [6.45, 7) is 6.35. The predicted octanol–water partition coefficient (Wildman–Crippen LogP) is 1.48. The molecule has 1 aromatic heterocycles. The summed E-state index contributed by atoms with van der Waals surface area (Å²) in [7, 11) is 3.64. The van der Waals surface area contributed by atoms with Crippen molar-refractivity contribution in [2.24, 2.45) is 18.2 Å². The van der Waals surface area contributed by atoms with Gasteiger partial charge in [-0.05, 0) is 5.41 Å². The SMILES string of the molecule is COC(C(N)c1nccn1C)C(C)(C)C. The van der Waals surface area contributed by atoms with Crippen LogP contribution in [0.4, 0.5) is 0 Å². The van der Waals surface area contributed by atoms with Gasteiger partial charge in [-0.2, -0.15) is 0 Å². The smallest absolute Gasteiger partial charge is 0.128 e. The average Bonchev–Trinajstić information content (AvgIpc) is 2.49. The molecule has 0 bridgehead atoms. The van der Waals surface area contributed by atoms with Crippen LogP contribution in [0.15, 0.2) is 12.4 Å². The lowest BCUT2D eigenvalue weighted by atomic mass is 9.84. The fourth-order valence-corrected chi connectivity index (χ4v) is 1.87. The summed E-state index contributed by atoms with van der Waals surface area (Å²) in [6.07, 6.45) is 3.60. The summed E-state index contributed by atoms with van der Waals surface area (Å²) < 4.78 is 7.41. The Balaban J connectivity index is 2.92. The summed E-state index contributed by atoms with van der Waals surface area (Å²) in [5, 5.41) is 0. The standard InChI is InChI=1S/C11H21N3O/c1-11(2,3)9(15-5)8(12)10-13-6-7-14(10)4/h6-9H,12H2,1-5H3. The summed E-state index contributed by atoms with van der Waals surface area (Å²) in [5.41, 5.74) is 6.17. The first-order valence-corrected chi connectivity index (χ1v) is 5.13. The summed E-state index contributed by atoms with van der Waals surface area (Å²) in [4.78, 5) is 4.26. The van der Waals surface area contributed by atoms with E-state index in [1.54, 1.807) is 13.3 Å². The van der Waals surface area contributed by atoms with E-state index in [2.05, 4.69) is 25.8 Å². The summed E-state index contributed by atoms with van der Waals surface area (Å²) >= 11 is 0. The van der Waals surface area contributed by atoms with E-state index in [-0.39, 0.29) is 17.6 Å². The minimum Gasteiger partial charge on any atom is -0.379 e. The fourth-order valence-electron chi connectivity index (χ4n) is 1.87. The van der Waals surface area contributed by atoms with Crippen LogP contribution in [-0.2, 0) is 11.8 Å². The Kier molecular flexibility index (Phi) is 3.52. The molecule has 1 heterocycles. The zero-order chi connectivity index (χ0) is 11.6. The van der Waals surface area contributed by atoms with E-state index in [9.17, 15) is 0 Å². The van der Waals surface area contributed by atoms with Gasteiger partial charge in [0.2, 0.25) is 0 Å². The molecule has 4 heteroatoms. The Hall–Kier alpha value is -0.870. The number of nitrogens with two attached hydrogens (primary N) is 1. The van der Waals surface area contributed by atoms with Crippen LogP contribution in [-0.4, -0.2) is 22.8 Å². The van der Waals surface area contributed by atoms with Gasteiger partial charge in [0, 0.05) is 26.6 Å². The molecule has 2 unspecified atom stereocenters. The van der Waals surface area contributed by atoms with Crippen LogP contribution in [0.3, 0.4) is 0 Å². The molecule has 4 nitrogen and oxygen atoms in total. The van der Waals surface area contributed by atoms with Gasteiger partial charge in [0.25, 0.3) is 0 Å². The summed E-state index contributed by atoms with van der Waals surface area (Å²) in [6, 6.07) is -0.199. The van der Waals surface area contributed by atoms with E-state index >= 15 is 0 Å². The van der Waals surface area contributed by atoms with Gasteiger partial charge in [-0.15, -0.1) is 0 Å². The Morgan fingerprint density at radius 1 is 1.47 bits per heavy atom. The van der Waals surface area contributed by atoms with Crippen molar-refractivity contribution in [2.45, 2.75) is 32.9 Å². The monoisotopic (exact) mass is 211 g/mol. The van der Waals surface area contributed by atoms with E-state index < -0.39 is 0 Å². The minimum absolute atomic E-state index is 0.000116. The molecule has 2 N–H and O–H groups in total. The third kappa shape index (κ3) is 2.58. The molecular formula is C11H21N3O. The van der Waals surface area contributed by atoms with Crippen molar-refractivity contribution >= 4 is 0 Å². The van der Waals surface area contributed by atoms with Crippen molar-refractivity contribution in [1.29, 1.82) is 0 Å². The van der Waals surface area contributed by atoms with E-state index in [1.807, 2.05) is 17.8 Å². The molecule has 0 saturated carbocycles. The van der Waals surface area contributed by atoms with Crippen molar-refractivity contribution in [1.82, 2.24) is 9.55 Å². The number of nitrogens with zero attached hydrogens (tertiary/aromatic N) is 2. The highest BCUT2D eigenvalue weighted by Gasteiger charge is 2.32. The van der Waals surface area contributed by atoms with Crippen molar-refractivity contribution in [3.8, 4) is 0 Å². The number of rotatable bonds is 3. The second kappa shape index (κ2) is 4.33. The van der Waals surface area contributed by atoms with Crippen LogP contribution in [0.5, 0.6) is 0 Å². The highest BCUT2D eigenvalue weighted by atomic mass is 16.5. The van der Waals surface area contributed by atoms with Gasteiger partial charge in [-0.1, -0.05) is 20.8 Å². The Morgan fingerprint density at radius 2 is 2.07 bits per heavy atom. The van der Waals surface area contributed by atoms with Gasteiger partial charge < -0.3 is 15.0 Å². The van der Waals surface area contributed by atoms with Crippen LogP contribution < -0.4 is 5.73 Å². The quantitative estimate of drug-likeness (QED) is 0.824. The van der Waals surface area contributed by atoms with Gasteiger partial charge >= 0.3 is 0 Å². The van der Waals surface area contributed by atoms with Crippen molar-refractivity contribution in [3.05, 3.63) is 18.2 Å². The van der Waals surface area contributed by atoms with Crippen LogP contribution in [0, 0.1) is 5.41 Å². The van der Waals surface area contributed by atoms with E-state index in [0.717, 1.165) is 5.82 Å². The molecule has 0 aliphatic heterocycles. The first kappa shape index (κ1) is 12.2. The zero-order valence-electron chi connectivity index (χ0n) is 10.2. The van der Waals surface area contributed by atoms with Crippen LogP contribution >= 0.6 is 0 Å². The molecule has 0 spiro atoms. The second-order valence-electron chi connectivity index (χ2n) is 4.94. The number of methoxy groups -OCH3 is 1. The van der Waals surface area contributed by atoms with E-state index in [0.29, 0.717) is 0 Å². The molecule has 0 saturated heterocycles. The molecule has 1 rings (SSSR count). The first-order chi connectivity index (χ1) is 6.88. The van der Waals surface area contributed by atoms with E-state index in [4.69, 9.17) is 10.5 Å². The Bertz CT molecular complexity index is 314. The zero-order valence-corrected chi connectivity index (χ0v) is 10.2. The van der Waals surface area contributed by atoms with Gasteiger partial charge in [0.05, 0.1) is 12.1 Å². The number of ether oxygens (including phenoxy) is 1. The second-order valence-corrected chi connectivity index (χ2v) is 4.94. The van der Waals surface area contributed by atoms with Crippen LogP contribution in [0.2, 0.25) is 0 Å². The van der Waals surface area contributed by atoms with E-state index in [1.165, 1.54) is 0 Å². The van der Waals surface area contributed by atoms with Gasteiger partial charge in [0.1, 0.15) is 5.82 Å². The van der Waals surface area contributed by atoms with Crippen molar-refractivity contribution in [2.75, 3.05) is 7.11 Å². The Labute approximate surface area is 91.4 Å². The number of hydrogen-bond donors (Lipinski definition) is 1. The molecule has 0 radical (unpaired) electrons. The molecule has 0 fully saturated rings. The average molecular weight is 211 g/mol. The maximum absolute atomic E-state index is 6.17. The lowest BCUT2D eigenvalue weighted by Crippen LogP contribution is -2.39. The Morgan fingerprint density at radius 3 is 2.40 bits per heavy atom. The van der Waals surface area contributed by atoms with Crippen molar-refractivity contribution in [3.63, 3.8) is 0 Å². The molecule has 1 aromatic rings. The fraction of sp³-hybridized carbons (Fsp3) is 0.727. The number of aromatic nitrogens is 2. The normalized spacial score (nSPS) is 16.4. The van der Waals surface area contributed by atoms with Gasteiger partial charge in [-0.3, -0.25) is 0 Å². The molecular weight excluding hydrogens is 190 g/mol. The molecule has 2 atom stereocenters. The first-order valence-electron chi connectivity index (χ1n) is 5.13. The molecule has 86 valence electrons. The maximum Gasteiger partial charge on any atom is 0.128 e. The largest absolute Gasteiger partial charge is 0.379 e. The number of imidazole rings is 1. The predicted molar refractivity (Wildman–Crippen MR) is 60.4 cm³/mol. The van der Waals surface area contributed by atoms with Gasteiger partial charge in [0.15, 0.2) is 0 Å².